The number of benzene rings is 2. The van der Waals surface area contributed by atoms with E-state index in [4.69, 9.17) is 4.74 Å². The van der Waals surface area contributed by atoms with Crippen LogP contribution in [0.2, 0.25) is 0 Å². The van der Waals surface area contributed by atoms with Crippen molar-refractivity contribution in [2.24, 2.45) is 0 Å². The zero-order chi connectivity index (χ0) is 13.0. The Morgan fingerprint density at radius 2 is 1.78 bits per heavy atom. The molecule has 0 N–H and O–H groups in total. The molecule has 0 aromatic heterocycles. The highest BCUT2D eigenvalue weighted by Gasteiger charge is 2.09. The maximum Gasteiger partial charge on any atom is 0.163 e. The van der Waals surface area contributed by atoms with Gasteiger partial charge in [-0.15, -0.1) is 0 Å². The lowest BCUT2D eigenvalue weighted by Crippen LogP contribution is -1.97. The molecule has 0 unspecified atom stereocenters. The highest BCUT2D eigenvalue weighted by Crippen LogP contribution is 2.31. The van der Waals surface area contributed by atoms with Gasteiger partial charge >= 0.3 is 0 Å². The fourth-order valence-electron chi connectivity index (χ4n) is 1.65. The largest absolute Gasteiger partial charge is 0.496 e. The summed E-state index contributed by atoms with van der Waals surface area (Å²) in [7, 11) is 1.58. The molecule has 0 amide bonds. The second-order valence-corrected chi connectivity index (χ2v) is 4.98. The summed E-state index contributed by atoms with van der Waals surface area (Å²) in [4.78, 5) is 13.7. The molecule has 2 rings (SSSR count). The third-order valence-corrected chi connectivity index (χ3v) is 3.53. The van der Waals surface area contributed by atoms with Crippen LogP contribution < -0.4 is 4.74 Å². The van der Waals surface area contributed by atoms with Gasteiger partial charge in [0.05, 0.1) is 12.7 Å². The normalized spacial score (nSPS) is 10.1. The van der Waals surface area contributed by atoms with Gasteiger partial charge in [0.25, 0.3) is 0 Å². The van der Waals surface area contributed by atoms with Crippen LogP contribution in [0.4, 0.5) is 0 Å². The lowest BCUT2D eigenvalue weighted by molar-refractivity contribution is 0.101. The predicted molar refractivity (Wildman–Crippen MR) is 73.6 cm³/mol. The molecular weight excluding hydrogens is 244 g/mol. The first-order valence-electron chi connectivity index (χ1n) is 5.62. The van der Waals surface area contributed by atoms with Crippen molar-refractivity contribution in [2.75, 3.05) is 7.11 Å². The summed E-state index contributed by atoms with van der Waals surface area (Å²) in [6.07, 6.45) is 0. The van der Waals surface area contributed by atoms with Crippen molar-refractivity contribution in [1.29, 1.82) is 0 Å². The average molecular weight is 258 g/mol. The molecule has 0 aliphatic rings. The van der Waals surface area contributed by atoms with Crippen molar-refractivity contribution in [3.63, 3.8) is 0 Å². The lowest BCUT2D eigenvalue weighted by atomic mass is 10.1. The van der Waals surface area contributed by atoms with Gasteiger partial charge in [0.1, 0.15) is 5.75 Å². The Kier molecular flexibility index (Phi) is 4.05. The van der Waals surface area contributed by atoms with Crippen molar-refractivity contribution < 1.29 is 9.53 Å². The Balaban J connectivity index is 2.30. The fourth-order valence-corrected chi connectivity index (χ4v) is 2.53. The number of carbonyl (C=O) groups is 1. The Morgan fingerprint density at radius 3 is 2.39 bits per heavy atom. The molecule has 0 bridgehead atoms. The standard InChI is InChI=1S/C15H14O2S/c1-11(16)14-10-13(8-9-15(14)17-2)18-12-6-4-3-5-7-12/h3-10H,1-2H3. The Labute approximate surface area is 111 Å². The third kappa shape index (κ3) is 2.93. The smallest absolute Gasteiger partial charge is 0.163 e. The topological polar surface area (TPSA) is 26.3 Å². The van der Waals surface area contributed by atoms with Crippen LogP contribution in [0.15, 0.2) is 58.3 Å². The summed E-state index contributed by atoms with van der Waals surface area (Å²) in [5.41, 5.74) is 0.624. The number of ketones is 1. The Bertz CT molecular complexity index is 550. The average Bonchev–Trinajstić information content (AvgIpc) is 2.40. The first-order valence-corrected chi connectivity index (χ1v) is 6.44. The summed E-state index contributed by atoms with van der Waals surface area (Å²) in [6, 6.07) is 15.7. The molecule has 18 heavy (non-hydrogen) atoms. The van der Waals surface area contributed by atoms with Crippen molar-refractivity contribution >= 4 is 17.5 Å². The molecule has 3 heteroatoms. The van der Waals surface area contributed by atoms with Crippen molar-refractivity contribution in [2.45, 2.75) is 16.7 Å². The van der Waals surface area contributed by atoms with Crippen molar-refractivity contribution in [3.05, 3.63) is 54.1 Å². The van der Waals surface area contributed by atoms with Gasteiger partial charge in [-0.1, -0.05) is 30.0 Å². The number of ether oxygens (including phenoxy) is 1. The van der Waals surface area contributed by atoms with E-state index in [0.717, 1.165) is 9.79 Å². The summed E-state index contributed by atoms with van der Waals surface area (Å²) >= 11 is 1.63. The van der Waals surface area contributed by atoms with Crippen LogP contribution in [0.25, 0.3) is 0 Å². The number of hydrogen-bond acceptors (Lipinski definition) is 3. The molecule has 2 nitrogen and oxygen atoms in total. The van der Waals surface area contributed by atoms with Gasteiger partial charge < -0.3 is 4.74 Å². The molecule has 0 saturated carbocycles. The van der Waals surface area contributed by atoms with Gasteiger partial charge in [0.2, 0.25) is 0 Å². The van der Waals surface area contributed by atoms with E-state index in [2.05, 4.69) is 0 Å². The van der Waals surface area contributed by atoms with E-state index in [9.17, 15) is 4.79 Å². The van der Waals surface area contributed by atoms with E-state index < -0.39 is 0 Å². The van der Waals surface area contributed by atoms with Crippen LogP contribution in [0, 0.1) is 0 Å². The van der Waals surface area contributed by atoms with Crippen LogP contribution >= 0.6 is 11.8 Å². The number of Topliss-reactive ketones (excluding diaryl/α,β-unsaturated/α-hetero) is 1. The highest BCUT2D eigenvalue weighted by atomic mass is 32.2. The molecule has 0 saturated heterocycles. The van der Waals surface area contributed by atoms with Crippen molar-refractivity contribution in [3.8, 4) is 5.75 Å². The molecule has 0 heterocycles. The van der Waals surface area contributed by atoms with Gasteiger partial charge in [-0.2, -0.15) is 0 Å². The quantitative estimate of drug-likeness (QED) is 0.774. The zero-order valence-corrected chi connectivity index (χ0v) is 11.2. The molecule has 92 valence electrons. The molecule has 0 aliphatic heterocycles. The predicted octanol–water partition coefficient (Wildman–Crippen LogP) is 4.05. The Hall–Kier alpha value is -1.74. The maximum absolute atomic E-state index is 11.5. The summed E-state index contributed by atoms with van der Waals surface area (Å²) < 4.78 is 5.18. The first kappa shape index (κ1) is 12.7. The highest BCUT2D eigenvalue weighted by molar-refractivity contribution is 7.99. The molecule has 2 aromatic rings. The second-order valence-electron chi connectivity index (χ2n) is 3.83. The van der Waals surface area contributed by atoms with Gasteiger partial charge in [-0.3, -0.25) is 4.79 Å². The van der Waals surface area contributed by atoms with E-state index in [0.29, 0.717) is 11.3 Å². The van der Waals surface area contributed by atoms with Crippen LogP contribution in [-0.2, 0) is 0 Å². The summed E-state index contributed by atoms with van der Waals surface area (Å²) in [6.45, 7) is 1.55. The zero-order valence-electron chi connectivity index (χ0n) is 10.3. The summed E-state index contributed by atoms with van der Waals surface area (Å²) in [5, 5.41) is 0. The van der Waals surface area contributed by atoms with Crippen LogP contribution in [0.5, 0.6) is 5.75 Å². The van der Waals surface area contributed by atoms with Crippen molar-refractivity contribution in [1.82, 2.24) is 0 Å². The van der Waals surface area contributed by atoms with Gasteiger partial charge in [0.15, 0.2) is 5.78 Å². The molecular formula is C15H14O2S. The molecule has 0 spiro atoms. The third-order valence-electron chi connectivity index (χ3n) is 2.53. The monoisotopic (exact) mass is 258 g/mol. The molecule has 0 atom stereocenters. The molecule has 0 fully saturated rings. The van der Waals surface area contributed by atoms with Gasteiger partial charge in [0, 0.05) is 9.79 Å². The second kappa shape index (κ2) is 5.74. The Morgan fingerprint density at radius 1 is 1.06 bits per heavy atom. The van der Waals surface area contributed by atoms with Gasteiger partial charge in [-0.05, 0) is 37.3 Å². The minimum absolute atomic E-state index is 0.0161. The first-order chi connectivity index (χ1) is 8.70. The fraction of sp³-hybridized carbons (Fsp3) is 0.133. The number of hydrogen-bond donors (Lipinski definition) is 0. The van der Waals surface area contributed by atoms with E-state index in [1.807, 2.05) is 48.5 Å². The van der Waals surface area contributed by atoms with Gasteiger partial charge in [-0.25, -0.2) is 0 Å². The van der Waals surface area contributed by atoms with Crippen LogP contribution in [0.1, 0.15) is 17.3 Å². The van der Waals surface area contributed by atoms with E-state index in [1.54, 1.807) is 25.8 Å². The summed E-state index contributed by atoms with van der Waals surface area (Å²) in [5.74, 6) is 0.641. The minimum atomic E-state index is 0.0161. The maximum atomic E-state index is 11.5. The van der Waals surface area contributed by atoms with E-state index >= 15 is 0 Å². The number of rotatable bonds is 4. The SMILES string of the molecule is COc1ccc(Sc2ccccc2)cc1C(C)=O. The number of carbonyl (C=O) groups excluding carboxylic acids is 1. The number of methoxy groups -OCH3 is 1. The molecule has 0 radical (unpaired) electrons. The van der Waals surface area contributed by atoms with Crippen LogP contribution in [-0.4, -0.2) is 12.9 Å². The lowest BCUT2D eigenvalue weighted by Gasteiger charge is -2.08. The molecule has 2 aromatic carbocycles. The molecule has 0 aliphatic carbocycles. The minimum Gasteiger partial charge on any atom is -0.496 e. The van der Waals surface area contributed by atoms with E-state index in [-0.39, 0.29) is 5.78 Å². The van der Waals surface area contributed by atoms with E-state index in [1.165, 1.54) is 0 Å². The van der Waals surface area contributed by atoms with Crippen LogP contribution in [0.3, 0.4) is 0 Å².